The fourth-order valence-corrected chi connectivity index (χ4v) is 5.18. The van der Waals surface area contributed by atoms with Crippen LogP contribution in [0.2, 0.25) is 0 Å². The third-order valence-corrected chi connectivity index (χ3v) is 6.84. The van der Waals surface area contributed by atoms with E-state index in [1.165, 1.54) is 10.7 Å². The molecule has 0 spiro atoms. The summed E-state index contributed by atoms with van der Waals surface area (Å²) in [6, 6.07) is 2.00. The van der Waals surface area contributed by atoms with Crippen molar-refractivity contribution in [3.8, 4) is 0 Å². The van der Waals surface area contributed by atoms with E-state index in [0.29, 0.717) is 11.6 Å². The molecule has 2 aliphatic rings. The third kappa shape index (κ3) is 3.66. The Hall–Kier alpha value is -1.37. The summed E-state index contributed by atoms with van der Waals surface area (Å²) < 4.78 is 26.7. The topological polar surface area (TPSA) is 72.3 Å². The van der Waals surface area contributed by atoms with Gasteiger partial charge in [0.25, 0.3) is 0 Å². The predicted octanol–water partition coefficient (Wildman–Crippen LogP) is 2.07. The number of aromatic nitrogens is 2. The second-order valence-corrected chi connectivity index (χ2v) is 9.39. The van der Waals surface area contributed by atoms with Crippen LogP contribution < -0.4 is 0 Å². The van der Waals surface area contributed by atoms with Crippen LogP contribution in [0.3, 0.4) is 0 Å². The Kier molecular flexibility index (Phi) is 4.73. The van der Waals surface area contributed by atoms with Crippen LogP contribution in [0.15, 0.2) is 11.1 Å². The van der Waals surface area contributed by atoms with Crippen molar-refractivity contribution in [1.82, 2.24) is 14.7 Å². The van der Waals surface area contributed by atoms with Gasteiger partial charge in [0.05, 0.1) is 5.69 Å². The largest absolute Gasteiger partial charge is 0.336 e. The van der Waals surface area contributed by atoms with E-state index in [4.69, 9.17) is 0 Å². The molecule has 1 aromatic heterocycles. The first-order valence-corrected chi connectivity index (χ1v) is 10.5. The predicted molar refractivity (Wildman–Crippen MR) is 91.3 cm³/mol. The molecule has 1 aromatic rings. The molecule has 0 bridgehead atoms. The molecule has 7 heteroatoms. The zero-order valence-corrected chi connectivity index (χ0v) is 15.6. The molecule has 0 aliphatic heterocycles. The van der Waals surface area contributed by atoms with E-state index in [1.54, 1.807) is 14.0 Å². The summed E-state index contributed by atoms with van der Waals surface area (Å²) in [5.74, 6) is 0.0172. The molecule has 0 radical (unpaired) electrons. The highest BCUT2D eigenvalue weighted by molar-refractivity contribution is 7.92. The molecule has 2 fully saturated rings. The van der Waals surface area contributed by atoms with Crippen LogP contribution in [0.4, 0.5) is 0 Å². The standard InChI is InChI=1S/C17H27N3O3S/c1-12-4-6-14(7-5-12)20(15-8-9-15)16(21)11-24(22,23)17-10-13(2)18-19(17)3/h10,12,14-15H,4-9,11H2,1-3H3. The summed E-state index contributed by atoms with van der Waals surface area (Å²) in [5, 5.41) is 4.21. The molecule has 24 heavy (non-hydrogen) atoms. The molecule has 1 heterocycles. The van der Waals surface area contributed by atoms with Crippen molar-refractivity contribution in [2.24, 2.45) is 13.0 Å². The summed E-state index contributed by atoms with van der Waals surface area (Å²) in [6.07, 6.45) is 6.23. The number of hydrogen-bond acceptors (Lipinski definition) is 4. The van der Waals surface area contributed by atoms with Crippen LogP contribution in [0.1, 0.15) is 51.1 Å². The van der Waals surface area contributed by atoms with E-state index >= 15 is 0 Å². The van der Waals surface area contributed by atoms with E-state index < -0.39 is 15.6 Å². The van der Waals surface area contributed by atoms with Crippen LogP contribution in [-0.2, 0) is 21.7 Å². The number of amides is 1. The van der Waals surface area contributed by atoms with Crippen LogP contribution in [0.5, 0.6) is 0 Å². The van der Waals surface area contributed by atoms with Gasteiger partial charge in [-0.15, -0.1) is 0 Å². The molecule has 0 aromatic carbocycles. The van der Waals surface area contributed by atoms with Gasteiger partial charge in [0.15, 0.2) is 5.03 Å². The summed E-state index contributed by atoms with van der Waals surface area (Å²) in [5.41, 5.74) is 0.642. The molecule has 2 aliphatic carbocycles. The molecule has 134 valence electrons. The average Bonchev–Trinajstić information content (AvgIpc) is 3.25. The van der Waals surface area contributed by atoms with Crippen molar-refractivity contribution in [2.45, 2.75) is 69.5 Å². The molecular formula is C17H27N3O3S. The minimum atomic E-state index is -3.66. The normalized spacial score (nSPS) is 24.8. The maximum Gasteiger partial charge on any atom is 0.238 e. The van der Waals surface area contributed by atoms with Gasteiger partial charge >= 0.3 is 0 Å². The highest BCUT2D eigenvalue weighted by atomic mass is 32.2. The van der Waals surface area contributed by atoms with Crippen LogP contribution in [0, 0.1) is 12.8 Å². The van der Waals surface area contributed by atoms with Crippen molar-refractivity contribution in [3.05, 3.63) is 11.8 Å². The zero-order valence-electron chi connectivity index (χ0n) is 14.7. The minimum Gasteiger partial charge on any atom is -0.336 e. The number of carbonyl (C=O) groups is 1. The molecule has 2 saturated carbocycles. The summed E-state index contributed by atoms with van der Waals surface area (Å²) in [6.45, 7) is 4.00. The van der Waals surface area contributed by atoms with Crippen molar-refractivity contribution in [2.75, 3.05) is 5.75 Å². The number of rotatable bonds is 5. The van der Waals surface area contributed by atoms with E-state index in [-0.39, 0.29) is 23.0 Å². The lowest BCUT2D eigenvalue weighted by Crippen LogP contribution is -2.46. The van der Waals surface area contributed by atoms with Crippen molar-refractivity contribution in [1.29, 1.82) is 0 Å². The van der Waals surface area contributed by atoms with Gasteiger partial charge in [-0.05, 0) is 57.4 Å². The number of hydrogen-bond donors (Lipinski definition) is 0. The average molecular weight is 353 g/mol. The van der Waals surface area contributed by atoms with E-state index in [2.05, 4.69) is 12.0 Å². The van der Waals surface area contributed by atoms with Gasteiger partial charge in [0.1, 0.15) is 5.75 Å². The lowest BCUT2D eigenvalue weighted by atomic mass is 9.86. The van der Waals surface area contributed by atoms with E-state index in [1.807, 2.05) is 4.90 Å². The molecule has 0 unspecified atom stereocenters. The van der Waals surface area contributed by atoms with Gasteiger partial charge in [0, 0.05) is 19.1 Å². The van der Waals surface area contributed by atoms with E-state index in [9.17, 15) is 13.2 Å². The summed E-state index contributed by atoms with van der Waals surface area (Å²) in [7, 11) is -2.06. The monoisotopic (exact) mass is 353 g/mol. The van der Waals surface area contributed by atoms with Crippen molar-refractivity contribution < 1.29 is 13.2 Å². The minimum absolute atomic E-state index is 0.126. The Balaban J connectivity index is 1.75. The highest BCUT2D eigenvalue weighted by Gasteiger charge is 2.40. The molecule has 0 N–H and O–H groups in total. The van der Waals surface area contributed by atoms with Crippen LogP contribution in [0.25, 0.3) is 0 Å². The Morgan fingerprint density at radius 1 is 1.21 bits per heavy atom. The smallest absolute Gasteiger partial charge is 0.238 e. The molecule has 0 saturated heterocycles. The Morgan fingerprint density at radius 2 is 1.75 bits per heavy atom. The fraction of sp³-hybridized carbons (Fsp3) is 0.765. The molecule has 3 rings (SSSR count). The quantitative estimate of drug-likeness (QED) is 0.812. The molecule has 6 nitrogen and oxygen atoms in total. The molecule has 1 amide bonds. The number of nitrogens with zero attached hydrogens (tertiary/aromatic N) is 3. The first kappa shape index (κ1) is 17.5. The number of carbonyl (C=O) groups excluding carboxylic acids is 1. The Labute approximate surface area is 144 Å². The van der Waals surface area contributed by atoms with Gasteiger partial charge in [0.2, 0.25) is 15.7 Å². The lowest BCUT2D eigenvalue weighted by molar-refractivity contribution is -0.132. The maximum absolute atomic E-state index is 12.8. The van der Waals surface area contributed by atoms with Gasteiger partial charge in [-0.2, -0.15) is 5.10 Å². The lowest BCUT2D eigenvalue weighted by Gasteiger charge is -2.36. The van der Waals surface area contributed by atoms with Gasteiger partial charge < -0.3 is 4.90 Å². The second kappa shape index (κ2) is 6.50. The maximum atomic E-state index is 12.8. The molecule has 0 atom stereocenters. The summed E-state index contributed by atoms with van der Waals surface area (Å²) >= 11 is 0. The van der Waals surface area contributed by atoms with Gasteiger partial charge in [-0.25, -0.2) is 8.42 Å². The van der Waals surface area contributed by atoms with Crippen molar-refractivity contribution in [3.63, 3.8) is 0 Å². The first-order valence-electron chi connectivity index (χ1n) is 8.82. The fourth-order valence-electron chi connectivity index (χ4n) is 3.77. The van der Waals surface area contributed by atoms with Gasteiger partial charge in [-0.1, -0.05) is 6.92 Å². The van der Waals surface area contributed by atoms with Gasteiger partial charge in [-0.3, -0.25) is 9.48 Å². The third-order valence-electron chi connectivity index (χ3n) is 5.20. The Bertz CT molecular complexity index is 713. The van der Waals surface area contributed by atoms with Crippen LogP contribution in [-0.4, -0.2) is 46.8 Å². The number of aryl methyl sites for hydroxylation is 2. The first-order chi connectivity index (χ1) is 11.3. The Morgan fingerprint density at radius 3 is 2.21 bits per heavy atom. The van der Waals surface area contributed by atoms with Crippen molar-refractivity contribution >= 4 is 15.7 Å². The molecular weight excluding hydrogens is 326 g/mol. The zero-order chi connectivity index (χ0) is 17.5. The second-order valence-electron chi connectivity index (χ2n) is 7.45. The van der Waals surface area contributed by atoms with E-state index in [0.717, 1.165) is 38.5 Å². The highest BCUT2D eigenvalue weighted by Crippen LogP contribution is 2.35. The SMILES string of the molecule is Cc1cc(S(=O)(=O)CC(=O)N(C2CCC(C)CC2)C2CC2)n(C)n1. The van der Waals surface area contributed by atoms with Crippen LogP contribution >= 0.6 is 0 Å². The summed E-state index contributed by atoms with van der Waals surface area (Å²) in [4.78, 5) is 14.7. The number of sulfone groups is 1.